The van der Waals surface area contributed by atoms with Crippen molar-refractivity contribution in [3.8, 4) is 0 Å². The van der Waals surface area contributed by atoms with Gasteiger partial charge in [-0.15, -0.1) is 0 Å². The van der Waals surface area contributed by atoms with E-state index in [0.717, 1.165) is 5.57 Å². The van der Waals surface area contributed by atoms with Crippen molar-refractivity contribution < 1.29 is 14.9 Å². The molecule has 0 radical (unpaired) electrons. The van der Waals surface area contributed by atoms with E-state index in [2.05, 4.69) is 0 Å². The highest BCUT2D eigenvalue weighted by Crippen LogP contribution is 2.09. The summed E-state index contributed by atoms with van der Waals surface area (Å²) >= 11 is 0. The molecule has 9 heavy (non-hydrogen) atoms. The maximum Gasteiger partial charge on any atom is 0.184 e. The zero-order valence-electron chi connectivity index (χ0n) is 5.24. The lowest BCUT2D eigenvalue weighted by Gasteiger charge is -2.21. The number of rotatable bonds is 0. The summed E-state index contributed by atoms with van der Waals surface area (Å²) < 4.78 is 4.74. The third-order valence-electron chi connectivity index (χ3n) is 1.23. The topological polar surface area (TPSA) is 49.7 Å². The van der Waals surface area contributed by atoms with Crippen molar-refractivity contribution in [3.05, 3.63) is 11.6 Å². The number of ether oxygens (including phenoxy) is 1. The largest absolute Gasteiger partial charge is 0.384 e. The Kier molecular flexibility index (Phi) is 1.85. The van der Waals surface area contributed by atoms with E-state index >= 15 is 0 Å². The Morgan fingerprint density at radius 3 is 2.78 bits per heavy atom. The second kappa shape index (κ2) is 2.47. The van der Waals surface area contributed by atoms with E-state index < -0.39 is 12.4 Å². The average Bonchev–Trinajstić information content (AvgIpc) is 1.80. The summed E-state index contributed by atoms with van der Waals surface area (Å²) in [4.78, 5) is 0. The van der Waals surface area contributed by atoms with Gasteiger partial charge in [-0.05, 0) is 18.6 Å². The molecule has 2 N–H and O–H groups in total. The SMILES string of the molecule is CC1=CC(O)[C@H](O)OC1. The van der Waals surface area contributed by atoms with Crippen LogP contribution in [0.25, 0.3) is 0 Å². The van der Waals surface area contributed by atoms with E-state index in [1.54, 1.807) is 6.08 Å². The Labute approximate surface area is 53.6 Å². The van der Waals surface area contributed by atoms with Gasteiger partial charge >= 0.3 is 0 Å². The zero-order chi connectivity index (χ0) is 6.85. The van der Waals surface area contributed by atoms with Crippen LogP contribution >= 0.6 is 0 Å². The van der Waals surface area contributed by atoms with Gasteiger partial charge in [-0.3, -0.25) is 0 Å². The van der Waals surface area contributed by atoms with Crippen molar-refractivity contribution in [1.82, 2.24) is 0 Å². The fourth-order valence-corrected chi connectivity index (χ4v) is 0.737. The lowest BCUT2D eigenvalue weighted by atomic mass is 10.2. The molecule has 52 valence electrons. The monoisotopic (exact) mass is 130 g/mol. The Morgan fingerprint density at radius 2 is 2.33 bits per heavy atom. The maximum atomic E-state index is 8.90. The molecule has 0 bridgehead atoms. The van der Waals surface area contributed by atoms with Gasteiger partial charge in [0.1, 0.15) is 6.10 Å². The van der Waals surface area contributed by atoms with Gasteiger partial charge in [0, 0.05) is 0 Å². The van der Waals surface area contributed by atoms with Crippen LogP contribution in [0.15, 0.2) is 11.6 Å². The van der Waals surface area contributed by atoms with Gasteiger partial charge in [0.25, 0.3) is 0 Å². The third kappa shape index (κ3) is 1.51. The summed E-state index contributed by atoms with van der Waals surface area (Å²) in [7, 11) is 0. The number of aliphatic hydroxyl groups is 2. The summed E-state index contributed by atoms with van der Waals surface area (Å²) in [5.74, 6) is 0. The zero-order valence-corrected chi connectivity index (χ0v) is 5.24. The Morgan fingerprint density at radius 1 is 1.67 bits per heavy atom. The Balaban J connectivity index is 2.58. The fraction of sp³-hybridized carbons (Fsp3) is 0.667. The highest BCUT2D eigenvalue weighted by atomic mass is 16.6. The van der Waals surface area contributed by atoms with Gasteiger partial charge < -0.3 is 14.9 Å². The lowest BCUT2D eigenvalue weighted by molar-refractivity contribution is -0.149. The van der Waals surface area contributed by atoms with Crippen molar-refractivity contribution in [3.63, 3.8) is 0 Å². The first-order chi connectivity index (χ1) is 4.20. The van der Waals surface area contributed by atoms with Crippen molar-refractivity contribution in [2.75, 3.05) is 6.61 Å². The fourth-order valence-electron chi connectivity index (χ4n) is 0.737. The van der Waals surface area contributed by atoms with E-state index in [-0.39, 0.29) is 0 Å². The second-order valence-corrected chi connectivity index (χ2v) is 2.21. The molecule has 1 heterocycles. The van der Waals surface area contributed by atoms with Crippen LogP contribution < -0.4 is 0 Å². The molecular formula is C6H10O3. The van der Waals surface area contributed by atoms with E-state index in [1.807, 2.05) is 6.92 Å². The van der Waals surface area contributed by atoms with Crippen LogP contribution in [0.1, 0.15) is 6.92 Å². The van der Waals surface area contributed by atoms with E-state index in [0.29, 0.717) is 6.61 Å². The molecule has 1 aliphatic rings. The molecule has 0 aromatic carbocycles. The minimum absolute atomic E-state index is 0.415. The predicted molar refractivity (Wildman–Crippen MR) is 31.7 cm³/mol. The summed E-state index contributed by atoms with van der Waals surface area (Å²) in [5, 5.41) is 17.7. The predicted octanol–water partition coefficient (Wildman–Crippen LogP) is -0.358. The van der Waals surface area contributed by atoms with E-state index in [4.69, 9.17) is 14.9 Å². The first-order valence-electron chi connectivity index (χ1n) is 2.85. The Hall–Kier alpha value is -0.380. The van der Waals surface area contributed by atoms with Gasteiger partial charge in [-0.1, -0.05) is 0 Å². The lowest BCUT2D eigenvalue weighted by Crippen LogP contribution is -2.31. The minimum atomic E-state index is -1.03. The molecule has 0 aromatic rings. The molecule has 0 saturated carbocycles. The van der Waals surface area contributed by atoms with Gasteiger partial charge in [0.05, 0.1) is 6.61 Å². The average molecular weight is 130 g/mol. The molecule has 1 unspecified atom stereocenters. The van der Waals surface area contributed by atoms with Crippen molar-refractivity contribution in [2.45, 2.75) is 19.3 Å². The molecule has 0 spiro atoms. The summed E-state index contributed by atoms with van der Waals surface area (Å²) in [5.41, 5.74) is 0.952. The van der Waals surface area contributed by atoms with Crippen LogP contribution in [0.4, 0.5) is 0 Å². The molecular weight excluding hydrogens is 120 g/mol. The summed E-state index contributed by atoms with van der Waals surface area (Å²) in [6.45, 7) is 2.26. The Bertz CT molecular complexity index is 130. The molecule has 0 fully saturated rings. The van der Waals surface area contributed by atoms with Crippen LogP contribution in [0.5, 0.6) is 0 Å². The minimum Gasteiger partial charge on any atom is -0.384 e. The smallest absolute Gasteiger partial charge is 0.184 e. The van der Waals surface area contributed by atoms with E-state index in [1.165, 1.54) is 0 Å². The standard InChI is InChI=1S/C6H10O3/c1-4-2-5(7)6(8)9-3-4/h2,5-8H,3H2,1H3/t5?,6-/m1/s1. The molecule has 3 heteroatoms. The highest BCUT2D eigenvalue weighted by Gasteiger charge is 2.18. The second-order valence-electron chi connectivity index (χ2n) is 2.21. The summed E-state index contributed by atoms with van der Waals surface area (Å²) in [6, 6.07) is 0. The van der Waals surface area contributed by atoms with Crippen molar-refractivity contribution >= 4 is 0 Å². The molecule has 0 aromatic heterocycles. The first-order valence-corrected chi connectivity index (χ1v) is 2.85. The molecule has 3 nitrogen and oxygen atoms in total. The molecule has 0 aliphatic carbocycles. The van der Waals surface area contributed by atoms with Gasteiger partial charge in [0.15, 0.2) is 6.29 Å². The third-order valence-corrected chi connectivity index (χ3v) is 1.23. The van der Waals surface area contributed by atoms with Crippen molar-refractivity contribution in [2.24, 2.45) is 0 Å². The van der Waals surface area contributed by atoms with E-state index in [9.17, 15) is 0 Å². The molecule has 0 amide bonds. The van der Waals surface area contributed by atoms with Gasteiger partial charge in [-0.2, -0.15) is 0 Å². The number of hydrogen-bond donors (Lipinski definition) is 2. The number of aliphatic hydroxyl groups excluding tert-OH is 2. The highest BCUT2D eigenvalue weighted by molar-refractivity contribution is 5.05. The first kappa shape index (κ1) is 6.74. The van der Waals surface area contributed by atoms with Crippen LogP contribution in [-0.2, 0) is 4.74 Å². The molecule has 2 atom stereocenters. The van der Waals surface area contributed by atoms with Crippen molar-refractivity contribution in [1.29, 1.82) is 0 Å². The number of hydrogen-bond acceptors (Lipinski definition) is 3. The molecule has 1 aliphatic heterocycles. The normalized spacial score (nSPS) is 36.1. The van der Waals surface area contributed by atoms with Gasteiger partial charge in [0.2, 0.25) is 0 Å². The summed E-state index contributed by atoms with van der Waals surface area (Å²) in [6.07, 6.45) is -0.291. The van der Waals surface area contributed by atoms with Gasteiger partial charge in [-0.25, -0.2) is 0 Å². The van der Waals surface area contributed by atoms with Crippen LogP contribution in [0, 0.1) is 0 Å². The quantitative estimate of drug-likeness (QED) is 0.440. The molecule has 1 rings (SSSR count). The van der Waals surface area contributed by atoms with Crippen LogP contribution in [-0.4, -0.2) is 29.2 Å². The maximum absolute atomic E-state index is 8.90. The van der Waals surface area contributed by atoms with Crippen LogP contribution in [0.2, 0.25) is 0 Å². The molecule has 0 saturated heterocycles. The van der Waals surface area contributed by atoms with Crippen LogP contribution in [0.3, 0.4) is 0 Å².